The normalized spacial score (nSPS) is 24.1. The highest BCUT2D eigenvalue weighted by atomic mass is 15.3. The van der Waals surface area contributed by atoms with Crippen LogP contribution in [-0.4, -0.2) is 11.1 Å². The molecule has 8 aromatic rings. The molecular weight excluding hydrogens is 861 g/mol. The van der Waals surface area contributed by atoms with Crippen molar-refractivity contribution >= 4 is 22.7 Å². The molecule has 4 heteroatoms. The molecule has 0 radical (unpaired) electrons. The smallest absolute Gasteiger partial charge is 0.0991 e. The second-order valence-corrected chi connectivity index (χ2v) is 22.1. The third-order valence-electron chi connectivity index (χ3n) is 18.9. The Kier molecular flexibility index (Phi) is 9.57. The van der Waals surface area contributed by atoms with E-state index in [9.17, 15) is 10.5 Å². The molecule has 2 fully saturated rings. The molecule has 2 saturated carbocycles. The summed E-state index contributed by atoms with van der Waals surface area (Å²) in [5.41, 5.74) is 21.0. The van der Waals surface area contributed by atoms with Crippen LogP contribution in [0.3, 0.4) is 0 Å². The molecule has 0 N–H and O–H groups in total. The van der Waals surface area contributed by atoms with Crippen molar-refractivity contribution in [2.24, 2.45) is 0 Å². The number of hydrogen-bond donors (Lipinski definition) is 0. The monoisotopic (exact) mass is 918 g/mol. The molecule has 2 heterocycles. The van der Waals surface area contributed by atoms with Crippen LogP contribution in [-0.2, 0) is 16.2 Å². The Hall–Kier alpha value is -7.66. The first-order chi connectivity index (χ1) is 34.6. The molecule has 346 valence electrons. The Morgan fingerprint density at radius 1 is 0.380 bits per heavy atom. The maximum Gasteiger partial charge on any atom is 0.0991 e. The summed E-state index contributed by atoms with van der Waals surface area (Å²) in [6.45, 7) is 9.96. The van der Waals surface area contributed by atoms with Crippen molar-refractivity contribution in [3.8, 4) is 45.5 Å². The fourth-order valence-corrected chi connectivity index (χ4v) is 14.9. The topological polar surface area (TPSA) is 54.1 Å². The number of fused-ring (bicyclic) bond motifs is 9. The van der Waals surface area contributed by atoms with Gasteiger partial charge in [0.05, 0.1) is 39.8 Å². The molecule has 13 rings (SSSR count). The van der Waals surface area contributed by atoms with Crippen molar-refractivity contribution in [2.75, 3.05) is 9.80 Å². The van der Waals surface area contributed by atoms with E-state index in [1.807, 2.05) is 24.3 Å². The molecule has 0 saturated heterocycles. The van der Waals surface area contributed by atoms with E-state index < -0.39 is 5.41 Å². The summed E-state index contributed by atoms with van der Waals surface area (Å²) in [4.78, 5) is 5.19. The van der Waals surface area contributed by atoms with Gasteiger partial charge in [0, 0.05) is 33.6 Å². The number of nitriles is 2. The van der Waals surface area contributed by atoms with Crippen LogP contribution in [0.25, 0.3) is 33.4 Å². The summed E-state index contributed by atoms with van der Waals surface area (Å²) in [5.74, 6) is 0. The van der Waals surface area contributed by atoms with Crippen molar-refractivity contribution in [1.82, 2.24) is 0 Å². The van der Waals surface area contributed by atoms with E-state index in [1.165, 1.54) is 104 Å². The zero-order valence-electron chi connectivity index (χ0n) is 41.3. The maximum atomic E-state index is 9.66. The molecule has 0 aromatic heterocycles. The van der Waals surface area contributed by atoms with Crippen LogP contribution in [0.5, 0.6) is 0 Å². The van der Waals surface area contributed by atoms with Gasteiger partial charge in [-0.1, -0.05) is 137 Å². The van der Waals surface area contributed by atoms with Crippen molar-refractivity contribution < 1.29 is 0 Å². The summed E-state index contributed by atoms with van der Waals surface area (Å²) in [6, 6.07) is 72.5. The number of benzene rings is 8. The number of rotatable bonds is 6. The van der Waals surface area contributed by atoms with Crippen LogP contribution >= 0.6 is 0 Å². The van der Waals surface area contributed by atoms with Crippen LogP contribution in [0.1, 0.15) is 124 Å². The van der Waals surface area contributed by atoms with Gasteiger partial charge in [-0.2, -0.15) is 10.5 Å². The first kappa shape index (κ1) is 43.4. The average molecular weight is 919 g/mol. The Morgan fingerprint density at radius 3 is 1.14 bits per heavy atom. The van der Waals surface area contributed by atoms with Crippen LogP contribution in [0.15, 0.2) is 182 Å². The lowest BCUT2D eigenvalue weighted by molar-refractivity contribution is 0.195. The SMILES string of the molecule is CC12CCCCC1(C)N(c1ccc(C#N)cc1)c1ccc(-c3ccc4c(c3)-c3cc(-c5ccc6c(c5)C5(C)CCCCC5(C)N6c5ccc(C#N)cc5)ccc3C4(c3ccccc3)c3ccccc3)cc12. The Bertz CT molecular complexity index is 3290. The van der Waals surface area contributed by atoms with Gasteiger partial charge in [-0.3, -0.25) is 0 Å². The van der Waals surface area contributed by atoms with Crippen LogP contribution in [0, 0.1) is 22.7 Å². The fraction of sp³-hybridized carbons (Fsp3) is 0.254. The second-order valence-electron chi connectivity index (χ2n) is 22.1. The standard InChI is InChI=1S/C67H58N4/c1-63-35-11-13-37-65(63,3)70(53-27-19-45(43-68)20-28-53)61-33-25-49(41-59(61)63)47-23-31-57-55(39-47)56-40-48(24-32-58(56)67(57,51-15-7-5-8-16-51)52-17-9-6-10-18-52)50-26-34-62-60(42-50)64(2)36-12-14-38-66(64,4)71(62)54-29-21-46(44-69)22-30-54/h5-10,15-34,39-42H,11-14,35-38H2,1-4H3. The quantitative estimate of drug-likeness (QED) is 0.167. The van der Waals surface area contributed by atoms with E-state index in [0.29, 0.717) is 11.1 Å². The largest absolute Gasteiger partial charge is 0.334 e. The molecule has 5 aliphatic rings. The van der Waals surface area contributed by atoms with Crippen molar-refractivity contribution in [3.05, 3.63) is 226 Å². The van der Waals surface area contributed by atoms with Gasteiger partial charge in [-0.15, -0.1) is 0 Å². The van der Waals surface area contributed by atoms with E-state index in [1.54, 1.807) is 0 Å². The number of nitrogens with zero attached hydrogens (tertiary/aromatic N) is 4. The van der Waals surface area contributed by atoms with Gasteiger partial charge < -0.3 is 9.80 Å². The molecule has 71 heavy (non-hydrogen) atoms. The third kappa shape index (κ3) is 5.89. The highest BCUT2D eigenvalue weighted by Gasteiger charge is 2.59. The van der Waals surface area contributed by atoms with Gasteiger partial charge in [0.15, 0.2) is 0 Å². The van der Waals surface area contributed by atoms with E-state index in [2.05, 4.69) is 207 Å². The van der Waals surface area contributed by atoms with Crippen LogP contribution in [0.4, 0.5) is 22.7 Å². The van der Waals surface area contributed by atoms with E-state index in [4.69, 9.17) is 0 Å². The molecule has 8 aromatic carbocycles. The first-order valence-electron chi connectivity index (χ1n) is 25.9. The molecule has 0 bridgehead atoms. The van der Waals surface area contributed by atoms with Crippen LogP contribution in [0.2, 0.25) is 0 Å². The lowest BCUT2D eigenvalue weighted by Gasteiger charge is -2.50. The Labute approximate surface area is 419 Å². The molecule has 0 amide bonds. The predicted octanol–water partition coefficient (Wildman–Crippen LogP) is 16.6. The van der Waals surface area contributed by atoms with E-state index >= 15 is 0 Å². The summed E-state index contributed by atoms with van der Waals surface area (Å²) >= 11 is 0. The van der Waals surface area contributed by atoms with Gasteiger partial charge in [0.25, 0.3) is 0 Å². The molecule has 4 atom stereocenters. The Balaban J connectivity index is 0.983. The first-order valence-corrected chi connectivity index (χ1v) is 25.9. The molecular formula is C67H58N4. The maximum absolute atomic E-state index is 9.66. The van der Waals surface area contributed by atoms with Crippen molar-refractivity contribution in [3.63, 3.8) is 0 Å². The van der Waals surface area contributed by atoms with E-state index in [0.717, 1.165) is 37.1 Å². The number of hydrogen-bond acceptors (Lipinski definition) is 4. The van der Waals surface area contributed by atoms with Gasteiger partial charge in [0.1, 0.15) is 0 Å². The van der Waals surface area contributed by atoms with E-state index in [-0.39, 0.29) is 21.9 Å². The summed E-state index contributed by atoms with van der Waals surface area (Å²) in [6.07, 6.45) is 9.35. The van der Waals surface area contributed by atoms with Crippen molar-refractivity contribution in [1.29, 1.82) is 10.5 Å². The van der Waals surface area contributed by atoms with Crippen LogP contribution < -0.4 is 9.80 Å². The van der Waals surface area contributed by atoms with Gasteiger partial charge in [-0.05, 0) is 191 Å². The minimum atomic E-state index is -0.516. The molecule has 4 nitrogen and oxygen atoms in total. The average Bonchev–Trinajstić information content (AvgIpc) is 3.92. The lowest BCUT2D eigenvalue weighted by Crippen LogP contribution is -2.54. The number of anilines is 4. The van der Waals surface area contributed by atoms with Gasteiger partial charge in [-0.25, -0.2) is 0 Å². The van der Waals surface area contributed by atoms with Gasteiger partial charge >= 0.3 is 0 Å². The molecule has 4 unspecified atom stereocenters. The molecule has 2 aliphatic heterocycles. The summed E-state index contributed by atoms with van der Waals surface area (Å²) in [7, 11) is 0. The van der Waals surface area contributed by atoms with Crippen molar-refractivity contribution in [2.45, 2.75) is 106 Å². The zero-order valence-corrected chi connectivity index (χ0v) is 41.3. The summed E-state index contributed by atoms with van der Waals surface area (Å²) in [5, 5.41) is 19.3. The third-order valence-corrected chi connectivity index (χ3v) is 18.9. The molecule has 0 spiro atoms. The second kappa shape index (κ2) is 15.7. The minimum absolute atomic E-state index is 0.0421. The lowest BCUT2D eigenvalue weighted by atomic mass is 9.61. The summed E-state index contributed by atoms with van der Waals surface area (Å²) < 4.78 is 0. The highest BCUT2D eigenvalue weighted by molar-refractivity contribution is 5.92. The Morgan fingerprint density at radius 2 is 0.746 bits per heavy atom. The fourth-order valence-electron chi connectivity index (χ4n) is 14.9. The zero-order chi connectivity index (χ0) is 48.3. The highest BCUT2D eigenvalue weighted by Crippen LogP contribution is 2.64. The minimum Gasteiger partial charge on any atom is -0.334 e. The van der Waals surface area contributed by atoms with Gasteiger partial charge in [0.2, 0.25) is 0 Å². The predicted molar refractivity (Wildman–Crippen MR) is 290 cm³/mol. The molecule has 3 aliphatic carbocycles.